The number of rotatable bonds is 4. The maximum absolute atomic E-state index is 11.1. The summed E-state index contributed by atoms with van der Waals surface area (Å²) < 4.78 is 15.5. The van der Waals surface area contributed by atoms with Crippen LogP contribution < -0.4 is 9.47 Å². The molecule has 0 radical (unpaired) electrons. The van der Waals surface area contributed by atoms with Gasteiger partial charge in [0.1, 0.15) is 5.60 Å². The van der Waals surface area contributed by atoms with Crippen LogP contribution >= 0.6 is 0 Å². The van der Waals surface area contributed by atoms with Crippen molar-refractivity contribution in [2.24, 2.45) is 0 Å². The van der Waals surface area contributed by atoms with E-state index in [1.807, 2.05) is 0 Å². The van der Waals surface area contributed by atoms with Gasteiger partial charge in [-0.05, 0) is 31.2 Å². The number of cyclic esters (lactones) is 1. The minimum Gasteiger partial charge on any atom is -0.504 e. The molecule has 1 unspecified atom stereocenters. The van der Waals surface area contributed by atoms with Crippen LogP contribution in [0.3, 0.4) is 0 Å². The Labute approximate surface area is 117 Å². The second kappa shape index (κ2) is 5.28. The summed E-state index contributed by atoms with van der Waals surface area (Å²) in [4.78, 5) is 11.1. The molecule has 1 heterocycles. The highest BCUT2D eigenvalue weighted by atomic mass is 16.6. The average molecular weight is 276 g/mol. The van der Waals surface area contributed by atoms with Crippen molar-refractivity contribution in [1.29, 1.82) is 0 Å². The van der Waals surface area contributed by atoms with Gasteiger partial charge >= 0.3 is 5.97 Å². The number of phenolic OH excluding ortho intramolecular Hbond substituents is 1. The standard InChI is InChI=1S/C15H16O5/c1-15(9-7-12(17)20-15)8-6-10-4-5-11(16)14(19-3)13(10)18-2/h4-9,16H,1-3H3/b8-6+. The molecule has 1 N–H and O–H groups in total. The number of benzene rings is 1. The molecular formula is C15H16O5. The molecule has 0 saturated carbocycles. The number of methoxy groups -OCH3 is 2. The first-order valence-corrected chi connectivity index (χ1v) is 6.04. The number of carbonyl (C=O) groups is 1. The lowest BCUT2D eigenvalue weighted by molar-refractivity contribution is -0.141. The number of aromatic hydroxyl groups is 1. The zero-order valence-electron chi connectivity index (χ0n) is 11.5. The van der Waals surface area contributed by atoms with Crippen molar-refractivity contribution in [2.75, 3.05) is 14.2 Å². The molecule has 0 aromatic heterocycles. The lowest BCUT2D eigenvalue weighted by atomic mass is 10.0. The van der Waals surface area contributed by atoms with E-state index in [0.717, 1.165) is 0 Å². The van der Waals surface area contributed by atoms with E-state index >= 15 is 0 Å². The number of ether oxygens (including phenoxy) is 3. The first kappa shape index (κ1) is 14.0. The lowest BCUT2D eigenvalue weighted by Gasteiger charge is -2.17. The maximum Gasteiger partial charge on any atom is 0.331 e. The molecule has 1 aliphatic rings. The van der Waals surface area contributed by atoms with E-state index in [9.17, 15) is 9.90 Å². The highest BCUT2D eigenvalue weighted by molar-refractivity contribution is 5.85. The molecule has 0 saturated heterocycles. The molecule has 5 nitrogen and oxygen atoms in total. The Kier molecular flexibility index (Phi) is 3.70. The molecule has 0 spiro atoms. The largest absolute Gasteiger partial charge is 0.504 e. The SMILES string of the molecule is COc1c(O)ccc(/C=C/C2(C)C=CC(=O)O2)c1OC. The first-order chi connectivity index (χ1) is 9.49. The maximum atomic E-state index is 11.1. The summed E-state index contributed by atoms with van der Waals surface area (Å²) in [6.07, 6.45) is 6.56. The third kappa shape index (κ3) is 2.61. The molecule has 1 aromatic rings. The van der Waals surface area contributed by atoms with Gasteiger partial charge in [-0.1, -0.05) is 6.08 Å². The van der Waals surface area contributed by atoms with Gasteiger partial charge in [0.15, 0.2) is 11.5 Å². The fraction of sp³-hybridized carbons (Fsp3) is 0.267. The summed E-state index contributed by atoms with van der Waals surface area (Å²) in [5.74, 6) is 0.312. The third-order valence-electron chi connectivity index (χ3n) is 2.99. The quantitative estimate of drug-likeness (QED) is 0.855. The Balaban J connectivity index is 2.35. The number of esters is 1. The molecule has 1 aliphatic heterocycles. The molecule has 0 aliphatic carbocycles. The predicted octanol–water partition coefficient (Wildman–Crippen LogP) is 2.29. The predicted molar refractivity (Wildman–Crippen MR) is 73.9 cm³/mol. The van der Waals surface area contributed by atoms with Crippen LogP contribution in [0, 0.1) is 0 Å². The Hall–Kier alpha value is -2.43. The van der Waals surface area contributed by atoms with Crippen LogP contribution in [0.25, 0.3) is 6.08 Å². The van der Waals surface area contributed by atoms with Crippen molar-refractivity contribution in [3.05, 3.63) is 35.9 Å². The van der Waals surface area contributed by atoms with E-state index in [2.05, 4.69) is 0 Å². The number of carbonyl (C=O) groups excluding carboxylic acids is 1. The molecule has 1 aromatic carbocycles. The zero-order chi connectivity index (χ0) is 14.8. The van der Waals surface area contributed by atoms with E-state index in [-0.39, 0.29) is 17.5 Å². The van der Waals surface area contributed by atoms with Gasteiger partial charge in [-0.3, -0.25) is 0 Å². The van der Waals surface area contributed by atoms with E-state index in [4.69, 9.17) is 14.2 Å². The first-order valence-electron chi connectivity index (χ1n) is 6.04. The Morgan fingerprint density at radius 3 is 2.50 bits per heavy atom. The monoisotopic (exact) mass is 276 g/mol. The molecule has 2 rings (SSSR count). The summed E-state index contributed by atoms with van der Waals surface area (Å²) in [5, 5.41) is 9.70. The molecule has 0 fully saturated rings. The van der Waals surface area contributed by atoms with E-state index in [1.165, 1.54) is 26.4 Å². The highest BCUT2D eigenvalue weighted by Crippen LogP contribution is 2.40. The van der Waals surface area contributed by atoms with Gasteiger partial charge in [0.2, 0.25) is 5.75 Å². The molecule has 0 amide bonds. The minimum atomic E-state index is -0.771. The molecule has 106 valence electrons. The van der Waals surface area contributed by atoms with Gasteiger partial charge in [0.05, 0.1) is 14.2 Å². The highest BCUT2D eigenvalue weighted by Gasteiger charge is 2.27. The van der Waals surface area contributed by atoms with Crippen molar-refractivity contribution in [3.63, 3.8) is 0 Å². The molecular weight excluding hydrogens is 260 g/mol. The normalized spacial score (nSPS) is 21.2. The van der Waals surface area contributed by atoms with Crippen LogP contribution in [0.5, 0.6) is 17.2 Å². The number of hydrogen-bond donors (Lipinski definition) is 1. The smallest absolute Gasteiger partial charge is 0.331 e. The summed E-state index contributed by atoms with van der Waals surface area (Å²) in [6, 6.07) is 3.21. The van der Waals surface area contributed by atoms with E-state index < -0.39 is 5.60 Å². The topological polar surface area (TPSA) is 65.0 Å². The average Bonchev–Trinajstić information content (AvgIpc) is 2.77. The fourth-order valence-electron chi connectivity index (χ4n) is 1.97. The molecule has 0 bridgehead atoms. The van der Waals surface area contributed by atoms with E-state index in [1.54, 1.807) is 31.2 Å². The van der Waals surface area contributed by atoms with Gasteiger partial charge in [0, 0.05) is 11.6 Å². The van der Waals surface area contributed by atoms with Crippen LogP contribution in [-0.4, -0.2) is 30.9 Å². The number of hydrogen-bond acceptors (Lipinski definition) is 5. The third-order valence-corrected chi connectivity index (χ3v) is 2.99. The van der Waals surface area contributed by atoms with Gasteiger partial charge < -0.3 is 19.3 Å². The van der Waals surface area contributed by atoms with Crippen molar-refractivity contribution >= 4 is 12.0 Å². The van der Waals surface area contributed by atoms with Gasteiger partial charge in [-0.25, -0.2) is 4.79 Å². The Morgan fingerprint density at radius 1 is 1.25 bits per heavy atom. The molecule has 1 atom stereocenters. The van der Waals surface area contributed by atoms with Crippen molar-refractivity contribution in [3.8, 4) is 17.2 Å². The van der Waals surface area contributed by atoms with Crippen molar-refractivity contribution in [1.82, 2.24) is 0 Å². The van der Waals surface area contributed by atoms with Gasteiger partial charge in [0.25, 0.3) is 0 Å². The van der Waals surface area contributed by atoms with Crippen molar-refractivity contribution in [2.45, 2.75) is 12.5 Å². The second-order valence-electron chi connectivity index (χ2n) is 4.51. The van der Waals surface area contributed by atoms with Crippen LogP contribution in [0.15, 0.2) is 30.4 Å². The summed E-state index contributed by atoms with van der Waals surface area (Å²) in [5.41, 5.74) is -0.0625. The number of phenols is 1. The van der Waals surface area contributed by atoms with Gasteiger partial charge in [-0.15, -0.1) is 0 Å². The minimum absolute atomic E-state index is 0.0000910. The summed E-state index contributed by atoms with van der Waals surface area (Å²) >= 11 is 0. The summed E-state index contributed by atoms with van der Waals surface area (Å²) in [7, 11) is 2.94. The van der Waals surface area contributed by atoms with E-state index in [0.29, 0.717) is 11.3 Å². The fourth-order valence-corrected chi connectivity index (χ4v) is 1.97. The Bertz CT molecular complexity index is 588. The van der Waals surface area contributed by atoms with Crippen LogP contribution in [0.4, 0.5) is 0 Å². The lowest BCUT2D eigenvalue weighted by Crippen LogP contribution is -2.20. The zero-order valence-corrected chi connectivity index (χ0v) is 11.5. The van der Waals surface area contributed by atoms with Crippen LogP contribution in [0.2, 0.25) is 0 Å². The van der Waals surface area contributed by atoms with Gasteiger partial charge in [-0.2, -0.15) is 0 Å². The molecule has 20 heavy (non-hydrogen) atoms. The molecule has 5 heteroatoms. The summed E-state index contributed by atoms with van der Waals surface area (Å²) in [6.45, 7) is 1.77. The van der Waals surface area contributed by atoms with Crippen LogP contribution in [-0.2, 0) is 9.53 Å². The van der Waals surface area contributed by atoms with Crippen molar-refractivity contribution < 1.29 is 24.1 Å². The Morgan fingerprint density at radius 2 is 1.95 bits per heavy atom. The second-order valence-corrected chi connectivity index (χ2v) is 4.51. The van der Waals surface area contributed by atoms with Crippen LogP contribution in [0.1, 0.15) is 12.5 Å².